The van der Waals surface area contributed by atoms with Gasteiger partial charge in [0.05, 0.1) is 16.4 Å². The number of nitrogens with one attached hydrogen (secondary N) is 1. The van der Waals surface area contributed by atoms with Crippen molar-refractivity contribution in [3.05, 3.63) is 70.4 Å². The molecule has 7 nitrogen and oxygen atoms in total. The summed E-state index contributed by atoms with van der Waals surface area (Å²) < 4.78 is 5.56. The third kappa shape index (κ3) is 4.48. The molecule has 0 atom stereocenters. The SMILES string of the molecule is CCCOc1ccc(-c2cnc(NC(=O)c3ccccc3[N+](=O)[O-])s2)cc1. The molecule has 1 N–H and O–H groups in total. The maximum absolute atomic E-state index is 12.4. The van der Waals surface area contributed by atoms with Crippen LogP contribution >= 0.6 is 11.3 Å². The summed E-state index contributed by atoms with van der Waals surface area (Å²) in [5.74, 6) is 0.238. The normalized spacial score (nSPS) is 10.4. The van der Waals surface area contributed by atoms with Crippen molar-refractivity contribution in [2.24, 2.45) is 0 Å². The quantitative estimate of drug-likeness (QED) is 0.469. The van der Waals surface area contributed by atoms with E-state index < -0.39 is 10.8 Å². The zero-order chi connectivity index (χ0) is 19.2. The molecule has 1 aromatic heterocycles. The summed E-state index contributed by atoms with van der Waals surface area (Å²) in [7, 11) is 0. The molecule has 0 saturated carbocycles. The Hall–Kier alpha value is -3.26. The van der Waals surface area contributed by atoms with Crippen LogP contribution in [0.5, 0.6) is 5.75 Å². The zero-order valence-electron chi connectivity index (χ0n) is 14.5. The minimum atomic E-state index is -0.579. The number of aromatic nitrogens is 1. The summed E-state index contributed by atoms with van der Waals surface area (Å²) in [5, 5.41) is 14.1. The van der Waals surface area contributed by atoms with Gasteiger partial charge >= 0.3 is 0 Å². The van der Waals surface area contributed by atoms with E-state index in [2.05, 4.69) is 10.3 Å². The number of nitro benzene ring substituents is 1. The molecule has 1 heterocycles. The monoisotopic (exact) mass is 383 g/mol. The highest BCUT2D eigenvalue weighted by atomic mass is 32.1. The molecule has 2 aromatic carbocycles. The van der Waals surface area contributed by atoms with E-state index in [1.54, 1.807) is 12.3 Å². The molecule has 0 bridgehead atoms. The molecule has 27 heavy (non-hydrogen) atoms. The highest BCUT2D eigenvalue weighted by Gasteiger charge is 2.20. The van der Waals surface area contributed by atoms with E-state index in [9.17, 15) is 14.9 Å². The van der Waals surface area contributed by atoms with Gasteiger partial charge in [-0.15, -0.1) is 0 Å². The van der Waals surface area contributed by atoms with E-state index in [4.69, 9.17) is 4.74 Å². The Kier molecular flexibility index (Phi) is 5.77. The number of anilines is 1. The van der Waals surface area contributed by atoms with Crippen LogP contribution in [0.4, 0.5) is 10.8 Å². The summed E-state index contributed by atoms with van der Waals surface area (Å²) in [6, 6.07) is 13.4. The Morgan fingerprint density at radius 1 is 1.22 bits per heavy atom. The molecule has 0 aliphatic carbocycles. The Morgan fingerprint density at radius 3 is 2.67 bits per heavy atom. The Labute approximate surface area is 159 Å². The van der Waals surface area contributed by atoms with E-state index in [1.807, 2.05) is 31.2 Å². The predicted octanol–water partition coefficient (Wildman–Crippen LogP) is 4.76. The average Bonchev–Trinajstić information content (AvgIpc) is 3.15. The molecule has 0 spiro atoms. The molecule has 138 valence electrons. The summed E-state index contributed by atoms with van der Waals surface area (Å²) in [6.45, 7) is 2.72. The third-order valence-electron chi connectivity index (χ3n) is 3.68. The first-order chi connectivity index (χ1) is 13.1. The highest BCUT2D eigenvalue weighted by Crippen LogP contribution is 2.31. The summed E-state index contributed by atoms with van der Waals surface area (Å²) in [6.07, 6.45) is 2.60. The molecule has 0 aliphatic rings. The van der Waals surface area contributed by atoms with Gasteiger partial charge in [0, 0.05) is 12.3 Å². The highest BCUT2D eigenvalue weighted by molar-refractivity contribution is 7.19. The number of hydrogen-bond acceptors (Lipinski definition) is 6. The van der Waals surface area contributed by atoms with Crippen LogP contribution in [-0.4, -0.2) is 22.4 Å². The number of benzene rings is 2. The lowest BCUT2D eigenvalue weighted by atomic mass is 10.1. The fraction of sp³-hybridized carbons (Fsp3) is 0.158. The molecule has 0 unspecified atom stereocenters. The molecule has 3 aromatic rings. The van der Waals surface area contributed by atoms with Crippen LogP contribution in [0.1, 0.15) is 23.7 Å². The van der Waals surface area contributed by atoms with Crippen LogP contribution in [0.3, 0.4) is 0 Å². The van der Waals surface area contributed by atoms with Crippen LogP contribution in [0.25, 0.3) is 10.4 Å². The first-order valence-corrected chi connectivity index (χ1v) is 9.14. The number of amides is 1. The number of nitro groups is 1. The van der Waals surface area contributed by atoms with Crippen LogP contribution in [0, 0.1) is 10.1 Å². The van der Waals surface area contributed by atoms with Gasteiger partial charge in [0.1, 0.15) is 11.3 Å². The van der Waals surface area contributed by atoms with Crippen LogP contribution in [0.2, 0.25) is 0 Å². The van der Waals surface area contributed by atoms with Crippen molar-refractivity contribution in [3.8, 4) is 16.2 Å². The van der Waals surface area contributed by atoms with E-state index >= 15 is 0 Å². The standard InChI is InChI=1S/C19H17N3O4S/c1-2-11-26-14-9-7-13(8-10-14)17-12-20-19(27-17)21-18(23)15-5-3-4-6-16(15)22(24)25/h3-10,12H,2,11H2,1H3,(H,20,21,23). The number of carbonyl (C=O) groups excluding carboxylic acids is 1. The van der Waals surface area contributed by atoms with Crippen molar-refractivity contribution < 1.29 is 14.5 Å². The second-order valence-electron chi connectivity index (χ2n) is 5.63. The van der Waals surface area contributed by atoms with Gasteiger partial charge in [0.15, 0.2) is 5.13 Å². The number of carbonyl (C=O) groups is 1. The van der Waals surface area contributed by atoms with Gasteiger partial charge in [0.2, 0.25) is 0 Å². The van der Waals surface area contributed by atoms with Gasteiger partial charge in [-0.1, -0.05) is 30.4 Å². The zero-order valence-corrected chi connectivity index (χ0v) is 15.4. The average molecular weight is 383 g/mol. The van der Waals surface area contributed by atoms with E-state index in [0.29, 0.717) is 11.7 Å². The number of rotatable bonds is 7. The Morgan fingerprint density at radius 2 is 1.96 bits per heavy atom. The van der Waals surface area contributed by atoms with Crippen molar-refractivity contribution >= 4 is 28.1 Å². The Bertz CT molecular complexity index is 954. The van der Waals surface area contributed by atoms with Crippen LogP contribution in [0.15, 0.2) is 54.7 Å². The van der Waals surface area contributed by atoms with Gasteiger partial charge < -0.3 is 4.74 Å². The third-order valence-corrected chi connectivity index (χ3v) is 4.65. The van der Waals surface area contributed by atoms with Gasteiger partial charge in [-0.3, -0.25) is 20.2 Å². The molecule has 0 fully saturated rings. The number of hydrogen-bond donors (Lipinski definition) is 1. The summed E-state index contributed by atoms with van der Waals surface area (Å²) in [4.78, 5) is 27.9. The first-order valence-electron chi connectivity index (χ1n) is 8.32. The van der Waals surface area contributed by atoms with Crippen molar-refractivity contribution in [1.29, 1.82) is 0 Å². The second kappa shape index (κ2) is 8.41. The minimum absolute atomic E-state index is 0.00308. The lowest BCUT2D eigenvalue weighted by Gasteiger charge is -2.04. The number of nitrogens with zero attached hydrogens (tertiary/aromatic N) is 2. The lowest BCUT2D eigenvalue weighted by molar-refractivity contribution is -0.385. The summed E-state index contributed by atoms with van der Waals surface area (Å²) in [5.41, 5.74) is 0.702. The largest absolute Gasteiger partial charge is 0.494 e. The molecule has 0 saturated heterocycles. The smallest absolute Gasteiger partial charge is 0.282 e. The van der Waals surface area contributed by atoms with Crippen molar-refractivity contribution in [1.82, 2.24) is 4.98 Å². The number of thiazole rings is 1. The number of ether oxygens (including phenoxy) is 1. The fourth-order valence-corrected chi connectivity index (χ4v) is 3.21. The predicted molar refractivity (Wildman–Crippen MR) is 104 cm³/mol. The van der Waals surface area contributed by atoms with Gasteiger partial charge in [0.25, 0.3) is 11.6 Å². The molecular weight excluding hydrogens is 366 g/mol. The van der Waals surface area contributed by atoms with Crippen LogP contribution < -0.4 is 10.1 Å². The molecule has 3 rings (SSSR count). The molecule has 0 radical (unpaired) electrons. The molecule has 8 heteroatoms. The van der Waals surface area contributed by atoms with Gasteiger partial charge in [-0.2, -0.15) is 0 Å². The van der Waals surface area contributed by atoms with Gasteiger partial charge in [-0.05, 0) is 42.3 Å². The summed E-state index contributed by atoms with van der Waals surface area (Å²) >= 11 is 1.29. The minimum Gasteiger partial charge on any atom is -0.494 e. The first kappa shape index (κ1) is 18.5. The molecule has 1 amide bonds. The maximum atomic E-state index is 12.4. The van der Waals surface area contributed by atoms with Crippen LogP contribution in [-0.2, 0) is 0 Å². The van der Waals surface area contributed by atoms with Crippen molar-refractivity contribution in [2.45, 2.75) is 13.3 Å². The maximum Gasteiger partial charge on any atom is 0.282 e. The Balaban J connectivity index is 1.73. The lowest BCUT2D eigenvalue weighted by Crippen LogP contribution is -2.13. The fourth-order valence-electron chi connectivity index (χ4n) is 2.39. The van der Waals surface area contributed by atoms with Gasteiger partial charge in [-0.25, -0.2) is 4.98 Å². The molecular formula is C19H17N3O4S. The topological polar surface area (TPSA) is 94.4 Å². The van der Waals surface area contributed by atoms with Crippen molar-refractivity contribution in [3.63, 3.8) is 0 Å². The van der Waals surface area contributed by atoms with E-state index in [0.717, 1.165) is 22.6 Å². The van der Waals surface area contributed by atoms with E-state index in [-0.39, 0.29) is 11.3 Å². The number of para-hydroxylation sites is 1. The molecule has 0 aliphatic heterocycles. The van der Waals surface area contributed by atoms with E-state index in [1.165, 1.54) is 29.5 Å². The second-order valence-corrected chi connectivity index (χ2v) is 6.66. The van der Waals surface area contributed by atoms with Crippen molar-refractivity contribution in [2.75, 3.05) is 11.9 Å².